The molecule has 0 saturated heterocycles. The molecular formula is C17H15NO3. The number of carbonyl (C=O) groups excluding carboxylic acids is 2. The lowest BCUT2D eigenvalue weighted by atomic mass is 8.94. The Morgan fingerprint density at radius 1 is 1.10 bits per heavy atom. The van der Waals surface area contributed by atoms with Crippen molar-refractivity contribution in [3.05, 3.63) is 35.4 Å². The van der Waals surface area contributed by atoms with E-state index < -0.39 is 6.09 Å². The summed E-state index contributed by atoms with van der Waals surface area (Å²) in [7, 11) is 0. The predicted octanol–water partition coefficient (Wildman–Crippen LogP) is 1.63. The van der Waals surface area contributed by atoms with Crippen LogP contribution < -0.4 is 5.73 Å². The molecular weight excluding hydrogens is 266 g/mol. The summed E-state index contributed by atoms with van der Waals surface area (Å²) in [5.41, 5.74) is 7.69. The molecule has 2 N–H and O–H groups in total. The third-order valence-electron chi connectivity index (χ3n) is 7.65. The zero-order valence-corrected chi connectivity index (χ0v) is 11.4. The number of aldehydes is 1. The topological polar surface area (TPSA) is 69.4 Å². The number of primary amides is 1. The van der Waals surface area contributed by atoms with Gasteiger partial charge in [0.2, 0.25) is 0 Å². The van der Waals surface area contributed by atoms with Gasteiger partial charge in [0.1, 0.15) is 11.9 Å². The molecule has 106 valence electrons. The maximum Gasteiger partial charge on any atom is 0.405 e. The quantitative estimate of drug-likeness (QED) is 0.853. The van der Waals surface area contributed by atoms with E-state index in [2.05, 4.69) is 12.1 Å². The fraction of sp³-hybridized carbons (Fsp3) is 0.529. The molecule has 1 amide bonds. The van der Waals surface area contributed by atoms with Gasteiger partial charge in [-0.05, 0) is 35.2 Å². The van der Waals surface area contributed by atoms with Gasteiger partial charge in [-0.3, -0.25) is 4.79 Å². The lowest BCUT2D eigenvalue weighted by Gasteiger charge is -3.10. The van der Waals surface area contributed by atoms with Crippen molar-refractivity contribution in [1.29, 1.82) is 0 Å². The van der Waals surface area contributed by atoms with Crippen molar-refractivity contribution in [2.75, 3.05) is 0 Å². The van der Waals surface area contributed by atoms with Crippen molar-refractivity contribution in [1.82, 2.24) is 0 Å². The van der Waals surface area contributed by atoms with Crippen LogP contribution >= 0.6 is 0 Å². The Bertz CT molecular complexity index is 669. The standard InChI is InChI=1S/C17H15NO3/c18-15(20)21-17-12-9-13(17)11-14(17)10(12)16(9,11)5-7-1-3-8(6-19)4-2-7/h1-4,6,9-14H,5H2,(H2,18,20). The molecule has 4 nitrogen and oxygen atoms in total. The first-order chi connectivity index (χ1) is 10.2. The lowest BCUT2D eigenvalue weighted by Crippen LogP contribution is -3.13. The molecule has 0 bridgehead atoms. The molecule has 0 aliphatic heterocycles. The first-order valence-electron chi connectivity index (χ1n) is 7.69. The van der Waals surface area contributed by atoms with Gasteiger partial charge < -0.3 is 10.5 Å². The number of ether oxygens (including phenoxy) is 1. The van der Waals surface area contributed by atoms with Gasteiger partial charge >= 0.3 is 6.09 Å². The summed E-state index contributed by atoms with van der Waals surface area (Å²) in [6, 6.07) is 7.98. The van der Waals surface area contributed by atoms with Crippen LogP contribution in [0.15, 0.2) is 24.3 Å². The van der Waals surface area contributed by atoms with Crippen molar-refractivity contribution < 1.29 is 14.3 Å². The predicted molar refractivity (Wildman–Crippen MR) is 72.3 cm³/mol. The monoisotopic (exact) mass is 281 g/mol. The smallest absolute Gasteiger partial charge is 0.405 e. The van der Waals surface area contributed by atoms with Gasteiger partial charge in [0.15, 0.2) is 0 Å². The summed E-state index contributed by atoms with van der Waals surface area (Å²) < 4.78 is 5.48. The zero-order chi connectivity index (χ0) is 14.1. The van der Waals surface area contributed by atoms with E-state index in [4.69, 9.17) is 10.5 Å². The zero-order valence-electron chi connectivity index (χ0n) is 11.4. The van der Waals surface area contributed by atoms with Crippen LogP contribution in [-0.4, -0.2) is 18.0 Å². The minimum atomic E-state index is -0.593. The molecule has 6 saturated carbocycles. The molecule has 21 heavy (non-hydrogen) atoms. The molecule has 0 atom stereocenters. The highest BCUT2D eigenvalue weighted by molar-refractivity contribution is 5.74. The van der Waals surface area contributed by atoms with Crippen LogP contribution in [0, 0.1) is 40.9 Å². The summed E-state index contributed by atoms with van der Waals surface area (Å²) in [6.45, 7) is 0. The second-order valence-corrected chi connectivity index (χ2v) is 7.58. The van der Waals surface area contributed by atoms with Crippen molar-refractivity contribution >= 4 is 12.4 Å². The number of carbonyl (C=O) groups is 2. The largest absolute Gasteiger partial charge is 0.442 e. The highest BCUT2D eigenvalue weighted by Crippen LogP contribution is 3.08. The van der Waals surface area contributed by atoms with Crippen molar-refractivity contribution in [2.45, 2.75) is 12.0 Å². The number of rotatable bonds is 4. The summed E-state index contributed by atoms with van der Waals surface area (Å²) in [6.07, 6.45) is 1.42. The first kappa shape index (κ1) is 10.8. The Labute approximate surface area is 121 Å². The molecule has 1 aromatic rings. The number of hydrogen-bond donors (Lipinski definition) is 1. The van der Waals surface area contributed by atoms with Gasteiger partial charge in [0.25, 0.3) is 0 Å². The van der Waals surface area contributed by atoms with Gasteiger partial charge in [-0.25, -0.2) is 4.79 Å². The first-order valence-corrected chi connectivity index (χ1v) is 7.69. The van der Waals surface area contributed by atoms with Crippen molar-refractivity contribution in [3.8, 4) is 0 Å². The maximum atomic E-state index is 11.1. The van der Waals surface area contributed by atoms with Crippen LogP contribution in [0.5, 0.6) is 0 Å². The second-order valence-electron chi connectivity index (χ2n) is 7.58. The van der Waals surface area contributed by atoms with Gasteiger partial charge in [-0.1, -0.05) is 24.3 Å². The minimum absolute atomic E-state index is 0.116. The Kier molecular flexibility index (Phi) is 1.41. The molecule has 4 heteroatoms. The molecule has 6 aliphatic rings. The van der Waals surface area contributed by atoms with E-state index in [1.54, 1.807) is 0 Å². The third kappa shape index (κ3) is 0.738. The molecule has 7 rings (SSSR count). The van der Waals surface area contributed by atoms with Crippen LogP contribution in [0.1, 0.15) is 15.9 Å². The Morgan fingerprint density at radius 2 is 1.67 bits per heavy atom. The van der Waals surface area contributed by atoms with Crippen LogP contribution in [-0.2, 0) is 11.2 Å². The normalized spacial score (nSPS) is 54.9. The summed E-state index contributed by atoms with van der Waals surface area (Å²) in [5, 5.41) is 0. The molecule has 0 radical (unpaired) electrons. The maximum absolute atomic E-state index is 11.1. The summed E-state index contributed by atoms with van der Waals surface area (Å²) in [5.74, 6) is 4.13. The number of amides is 1. The molecule has 6 fully saturated rings. The highest BCUT2D eigenvalue weighted by Gasteiger charge is 3.11. The third-order valence-corrected chi connectivity index (χ3v) is 7.65. The molecule has 6 aliphatic carbocycles. The SMILES string of the molecule is NC(=O)OC12C3C4C1C1C2C3C41Cc1ccc(C=O)cc1. The van der Waals surface area contributed by atoms with Crippen LogP contribution in [0.3, 0.4) is 0 Å². The second kappa shape index (κ2) is 2.74. The van der Waals surface area contributed by atoms with Gasteiger partial charge in [0.05, 0.1) is 0 Å². The summed E-state index contributed by atoms with van der Waals surface area (Å²) in [4.78, 5) is 21.8. The Balaban J connectivity index is 1.25. The fourth-order valence-electron chi connectivity index (χ4n) is 7.45. The Hall–Kier alpha value is -1.84. The highest BCUT2D eigenvalue weighted by atomic mass is 16.6. The molecule has 1 aromatic carbocycles. The van der Waals surface area contributed by atoms with E-state index in [9.17, 15) is 9.59 Å². The van der Waals surface area contributed by atoms with E-state index in [-0.39, 0.29) is 5.60 Å². The average Bonchev–Trinajstić information content (AvgIpc) is 2.50. The van der Waals surface area contributed by atoms with Crippen molar-refractivity contribution in [3.63, 3.8) is 0 Å². The van der Waals surface area contributed by atoms with Gasteiger partial charge in [-0.2, -0.15) is 0 Å². The van der Waals surface area contributed by atoms with E-state index in [1.165, 1.54) is 5.56 Å². The molecule has 0 aromatic heterocycles. The van der Waals surface area contributed by atoms with Crippen molar-refractivity contribution in [2.24, 2.45) is 46.7 Å². The minimum Gasteiger partial charge on any atom is -0.442 e. The number of benzene rings is 1. The van der Waals surface area contributed by atoms with Crippen LogP contribution in [0.4, 0.5) is 4.79 Å². The number of nitrogens with two attached hydrogens (primary N) is 1. The lowest BCUT2D eigenvalue weighted by molar-refractivity contribution is -0.658. The molecule has 0 unspecified atom stereocenters. The van der Waals surface area contributed by atoms with Crippen LogP contribution in [0.25, 0.3) is 0 Å². The van der Waals surface area contributed by atoms with E-state index >= 15 is 0 Å². The fourth-order valence-corrected chi connectivity index (χ4v) is 7.45. The van der Waals surface area contributed by atoms with Gasteiger partial charge in [0, 0.05) is 23.3 Å². The average molecular weight is 281 g/mol. The van der Waals surface area contributed by atoms with E-state index in [1.807, 2.05) is 12.1 Å². The molecule has 0 spiro atoms. The Morgan fingerprint density at radius 3 is 2.14 bits per heavy atom. The van der Waals surface area contributed by atoms with E-state index in [0.717, 1.165) is 36.0 Å². The van der Waals surface area contributed by atoms with E-state index in [0.29, 0.717) is 23.2 Å². The van der Waals surface area contributed by atoms with Crippen LogP contribution in [0.2, 0.25) is 0 Å². The van der Waals surface area contributed by atoms with Gasteiger partial charge in [-0.15, -0.1) is 0 Å². The number of hydrogen-bond acceptors (Lipinski definition) is 3. The molecule has 0 heterocycles. The summed E-state index contributed by atoms with van der Waals surface area (Å²) >= 11 is 0.